The highest BCUT2D eigenvalue weighted by molar-refractivity contribution is 7.46. The lowest BCUT2D eigenvalue weighted by atomic mass is 10.0. The molecule has 0 aromatic carbocycles. The number of carbonyl (C=O) groups is 2. The van der Waals surface area contributed by atoms with E-state index in [1.165, 1.54) is 109 Å². The normalized spacial score (nSPS) is 13.0. The summed E-state index contributed by atoms with van der Waals surface area (Å²) < 4.78 is 26.3. The molecule has 2 N–H and O–H groups in total. The molecule has 0 rings (SSSR count). The van der Waals surface area contributed by atoms with Gasteiger partial charge >= 0.3 is 19.8 Å². The third-order valence-corrected chi connectivity index (χ3v) is 9.97. The number of hydrogen-bond acceptors (Lipinski definition) is 6. The van der Waals surface area contributed by atoms with Crippen LogP contribution in [0.4, 0.5) is 0 Å². The molecule has 0 aromatic heterocycles. The van der Waals surface area contributed by atoms with E-state index in [4.69, 9.17) is 19.3 Å². The highest BCUT2D eigenvalue weighted by Crippen LogP contribution is 2.36. The second-order valence-corrected chi connectivity index (χ2v) is 16.2. The van der Waals surface area contributed by atoms with Gasteiger partial charge in [-0.25, -0.2) is 4.57 Å². The lowest BCUT2D eigenvalue weighted by Crippen LogP contribution is -2.29. The Balaban J connectivity index is 3.97. The van der Waals surface area contributed by atoms with Crippen LogP contribution in [0.3, 0.4) is 0 Å². The van der Waals surface area contributed by atoms with Crippen LogP contribution in [0.2, 0.25) is 0 Å². The summed E-state index contributed by atoms with van der Waals surface area (Å²) in [5.41, 5.74) is 0. The molecule has 0 aliphatic rings. The molecule has 0 bridgehead atoms. The first-order valence-corrected chi connectivity index (χ1v) is 24.1. The number of phosphoric ester groups is 1. The number of rotatable bonds is 41. The maximum Gasteiger partial charge on any atom is 0.469 e. The van der Waals surface area contributed by atoms with Gasteiger partial charge in [-0.1, -0.05) is 171 Å². The van der Waals surface area contributed by atoms with Gasteiger partial charge in [0.1, 0.15) is 6.61 Å². The fraction of sp³-hybridized carbons (Fsp3) is 0.745. The zero-order valence-corrected chi connectivity index (χ0v) is 36.7. The third-order valence-electron chi connectivity index (χ3n) is 9.49. The molecular formula is C47H83O8P. The fourth-order valence-electron chi connectivity index (χ4n) is 6.11. The van der Waals surface area contributed by atoms with Gasteiger partial charge in [0.15, 0.2) is 6.10 Å². The molecule has 0 fully saturated rings. The number of unbranched alkanes of at least 4 members (excludes halogenated alkanes) is 21. The Hall–Kier alpha value is -2.25. The van der Waals surface area contributed by atoms with E-state index in [1.54, 1.807) is 0 Å². The van der Waals surface area contributed by atoms with Gasteiger partial charge in [-0.3, -0.25) is 14.1 Å². The van der Waals surface area contributed by atoms with E-state index in [0.29, 0.717) is 12.8 Å². The largest absolute Gasteiger partial charge is 0.469 e. The number of hydrogen-bond donors (Lipinski definition) is 2. The van der Waals surface area contributed by atoms with Gasteiger partial charge in [0.05, 0.1) is 6.61 Å². The average Bonchev–Trinajstić information content (AvgIpc) is 3.17. The summed E-state index contributed by atoms with van der Waals surface area (Å²) in [5, 5.41) is 0. The number of esters is 2. The summed E-state index contributed by atoms with van der Waals surface area (Å²) >= 11 is 0. The first-order valence-electron chi connectivity index (χ1n) is 22.6. The number of carbonyl (C=O) groups excluding carboxylic acids is 2. The summed E-state index contributed by atoms with van der Waals surface area (Å²) in [6, 6.07) is 0. The molecule has 56 heavy (non-hydrogen) atoms. The van der Waals surface area contributed by atoms with Crippen molar-refractivity contribution in [1.82, 2.24) is 0 Å². The van der Waals surface area contributed by atoms with Crippen molar-refractivity contribution < 1.29 is 37.9 Å². The highest BCUT2D eigenvalue weighted by Gasteiger charge is 2.22. The van der Waals surface area contributed by atoms with Gasteiger partial charge in [0.25, 0.3) is 0 Å². The van der Waals surface area contributed by atoms with Crippen LogP contribution >= 0.6 is 7.82 Å². The zero-order chi connectivity index (χ0) is 41.1. The molecule has 1 atom stereocenters. The van der Waals surface area contributed by atoms with E-state index < -0.39 is 32.5 Å². The Morgan fingerprint density at radius 2 is 0.839 bits per heavy atom. The monoisotopic (exact) mass is 807 g/mol. The average molecular weight is 807 g/mol. The second-order valence-electron chi connectivity index (χ2n) is 15.0. The number of phosphoric acid groups is 1. The third kappa shape index (κ3) is 44.5. The highest BCUT2D eigenvalue weighted by atomic mass is 31.2. The predicted octanol–water partition coefficient (Wildman–Crippen LogP) is 14.1. The van der Waals surface area contributed by atoms with Gasteiger partial charge < -0.3 is 19.3 Å². The van der Waals surface area contributed by atoms with Gasteiger partial charge in [-0.2, -0.15) is 0 Å². The Morgan fingerprint density at radius 3 is 1.36 bits per heavy atom. The molecule has 0 aliphatic carbocycles. The molecule has 0 aliphatic heterocycles. The minimum Gasteiger partial charge on any atom is -0.462 e. The van der Waals surface area contributed by atoms with Crippen molar-refractivity contribution in [1.29, 1.82) is 0 Å². The van der Waals surface area contributed by atoms with E-state index >= 15 is 0 Å². The SMILES string of the molecule is CCCCC/C=C/C/C=C/C/C=C/CCCCC(=O)OC[C@H](COP(=O)(O)O)OC(=O)CCC/C=C/CC/C=C/CCCCCCCCCCCCCCCC. The first kappa shape index (κ1) is 53.8. The second kappa shape index (κ2) is 42.4. The van der Waals surface area contributed by atoms with E-state index in [-0.39, 0.29) is 19.4 Å². The Morgan fingerprint density at radius 1 is 0.464 bits per heavy atom. The quantitative estimate of drug-likeness (QED) is 0.0271. The summed E-state index contributed by atoms with van der Waals surface area (Å²) in [7, 11) is -4.78. The summed E-state index contributed by atoms with van der Waals surface area (Å²) in [6.07, 6.45) is 53.9. The number of ether oxygens (including phenoxy) is 2. The lowest BCUT2D eigenvalue weighted by molar-refractivity contribution is -0.161. The molecular weight excluding hydrogens is 723 g/mol. The van der Waals surface area contributed by atoms with Crippen molar-refractivity contribution in [2.75, 3.05) is 13.2 Å². The topological polar surface area (TPSA) is 119 Å². The molecule has 0 amide bonds. The smallest absolute Gasteiger partial charge is 0.462 e. The van der Waals surface area contributed by atoms with Crippen LogP contribution in [0, 0.1) is 0 Å². The molecule has 0 unspecified atom stereocenters. The van der Waals surface area contributed by atoms with Crippen molar-refractivity contribution in [3.05, 3.63) is 60.8 Å². The van der Waals surface area contributed by atoms with Crippen molar-refractivity contribution >= 4 is 19.8 Å². The van der Waals surface area contributed by atoms with Crippen LogP contribution in [0.1, 0.15) is 206 Å². The molecule has 0 saturated heterocycles. The summed E-state index contributed by atoms with van der Waals surface area (Å²) in [5.74, 6) is -0.979. The van der Waals surface area contributed by atoms with E-state index in [1.807, 2.05) is 0 Å². The van der Waals surface area contributed by atoms with Crippen LogP contribution in [0.15, 0.2) is 60.8 Å². The van der Waals surface area contributed by atoms with Crippen LogP contribution in [0.25, 0.3) is 0 Å². The molecule has 324 valence electrons. The van der Waals surface area contributed by atoms with Crippen molar-refractivity contribution in [2.24, 2.45) is 0 Å². The maximum absolute atomic E-state index is 12.4. The number of allylic oxidation sites excluding steroid dienone is 10. The van der Waals surface area contributed by atoms with Gasteiger partial charge in [0.2, 0.25) is 0 Å². The van der Waals surface area contributed by atoms with Crippen molar-refractivity contribution in [3.63, 3.8) is 0 Å². The molecule has 9 heteroatoms. The van der Waals surface area contributed by atoms with Crippen LogP contribution < -0.4 is 0 Å². The summed E-state index contributed by atoms with van der Waals surface area (Å²) in [4.78, 5) is 42.9. The lowest BCUT2D eigenvalue weighted by Gasteiger charge is -2.18. The van der Waals surface area contributed by atoms with E-state index in [0.717, 1.165) is 57.8 Å². The van der Waals surface area contributed by atoms with Crippen LogP contribution in [0.5, 0.6) is 0 Å². The molecule has 0 heterocycles. The zero-order valence-electron chi connectivity index (χ0n) is 35.8. The van der Waals surface area contributed by atoms with Crippen molar-refractivity contribution in [3.8, 4) is 0 Å². The fourth-order valence-corrected chi connectivity index (χ4v) is 6.47. The molecule has 0 saturated carbocycles. The standard InChI is InChI=1S/C47H83O8P/c1-3-5-7-9-11-13-15-17-19-20-21-22-23-24-25-26-28-30-32-34-36-38-40-42-47(49)55-45(44-54-56(50,51)52)43-53-46(48)41-39-37-35-33-31-29-27-18-16-14-12-10-8-6-4-2/h12,14,18,26-28,31,33-34,36,45H,3-11,13,15-17,19-25,29-30,32,35,37-44H2,1-2H3,(H2,50,51,52)/b14-12+,27-18+,28-26+,33-31+,36-34+/t45-/m1/s1. The van der Waals surface area contributed by atoms with Gasteiger partial charge in [-0.05, 0) is 83.5 Å². The predicted molar refractivity (Wildman–Crippen MR) is 234 cm³/mol. The molecule has 0 radical (unpaired) electrons. The molecule has 0 aromatic rings. The van der Waals surface area contributed by atoms with E-state index in [9.17, 15) is 14.2 Å². The molecule has 8 nitrogen and oxygen atoms in total. The van der Waals surface area contributed by atoms with Crippen LogP contribution in [-0.4, -0.2) is 41.0 Å². The Kier molecular flexibility index (Phi) is 40.7. The molecule has 0 spiro atoms. The van der Waals surface area contributed by atoms with Crippen LogP contribution in [-0.2, 0) is 28.2 Å². The Labute approximate surface area is 343 Å². The minimum atomic E-state index is -4.78. The van der Waals surface area contributed by atoms with Crippen molar-refractivity contribution in [2.45, 2.75) is 213 Å². The minimum absolute atomic E-state index is 0.142. The van der Waals surface area contributed by atoms with Gasteiger partial charge in [-0.15, -0.1) is 0 Å². The van der Waals surface area contributed by atoms with Gasteiger partial charge in [0, 0.05) is 12.8 Å². The Bertz CT molecular complexity index is 1090. The summed E-state index contributed by atoms with van der Waals surface area (Å²) in [6.45, 7) is 3.60. The van der Waals surface area contributed by atoms with E-state index in [2.05, 4.69) is 79.1 Å². The maximum atomic E-state index is 12.4. The first-order chi connectivity index (χ1) is 27.3.